The van der Waals surface area contributed by atoms with Crippen LogP contribution in [0.15, 0.2) is 0 Å². The van der Waals surface area contributed by atoms with Crippen molar-refractivity contribution in [3.63, 3.8) is 0 Å². The second kappa shape index (κ2) is 9.28. The Morgan fingerprint density at radius 3 is 3.00 bits per heavy atom. The van der Waals surface area contributed by atoms with Gasteiger partial charge in [0.2, 0.25) is 5.91 Å². The zero-order chi connectivity index (χ0) is 14.1. The first-order valence-corrected chi connectivity index (χ1v) is 7.43. The lowest BCUT2D eigenvalue weighted by Crippen LogP contribution is -2.47. The average molecular weight is 271 g/mol. The zero-order valence-corrected chi connectivity index (χ0v) is 12.6. The molecule has 0 saturated carbocycles. The summed E-state index contributed by atoms with van der Waals surface area (Å²) in [6.07, 6.45) is 3.38. The molecule has 1 rings (SSSR count). The van der Waals surface area contributed by atoms with Crippen LogP contribution in [0.3, 0.4) is 0 Å². The molecule has 0 radical (unpaired) electrons. The quantitative estimate of drug-likeness (QED) is 0.603. The monoisotopic (exact) mass is 271 g/mol. The third kappa shape index (κ3) is 5.89. The molecule has 0 spiro atoms. The van der Waals surface area contributed by atoms with Crippen LogP contribution >= 0.6 is 0 Å². The van der Waals surface area contributed by atoms with Crippen LogP contribution in [0.2, 0.25) is 0 Å². The second-order valence-electron chi connectivity index (χ2n) is 5.19. The van der Waals surface area contributed by atoms with Gasteiger partial charge >= 0.3 is 0 Å². The van der Waals surface area contributed by atoms with Crippen LogP contribution < -0.4 is 10.6 Å². The standard InChI is InChI=1S/C14H29N3O2/c1-4-17-9-5-7-13(17)11-16-12(2)14(18)15-8-6-10-19-3/h12-13,16H,4-11H2,1-3H3,(H,15,18). The maximum atomic E-state index is 11.8. The minimum absolute atomic E-state index is 0.0807. The number of likely N-dealkylation sites (N-methyl/N-ethyl adjacent to an activating group) is 1. The molecular weight excluding hydrogens is 242 g/mol. The van der Waals surface area contributed by atoms with Crippen LogP contribution in [0.25, 0.3) is 0 Å². The molecule has 0 aliphatic carbocycles. The molecule has 2 atom stereocenters. The molecule has 5 heteroatoms. The van der Waals surface area contributed by atoms with E-state index in [0.29, 0.717) is 19.2 Å². The van der Waals surface area contributed by atoms with E-state index in [1.807, 2.05) is 6.92 Å². The number of methoxy groups -OCH3 is 1. The van der Waals surface area contributed by atoms with Gasteiger partial charge in [-0.2, -0.15) is 0 Å². The fraction of sp³-hybridized carbons (Fsp3) is 0.929. The predicted molar refractivity (Wildman–Crippen MR) is 77.2 cm³/mol. The summed E-state index contributed by atoms with van der Waals surface area (Å²) >= 11 is 0. The number of nitrogens with one attached hydrogen (secondary N) is 2. The van der Waals surface area contributed by atoms with Gasteiger partial charge in [-0.1, -0.05) is 6.92 Å². The first-order valence-electron chi connectivity index (χ1n) is 7.43. The van der Waals surface area contributed by atoms with Gasteiger partial charge in [0, 0.05) is 32.8 Å². The number of nitrogens with zero attached hydrogens (tertiary/aromatic N) is 1. The van der Waals surface area contributed by atoms with Crippen molar-refractivity contribution in [3.8, 4) is 0 Å². The van der Waals surface area contributed by atoms with Crippen molar-refractivity contribution in [1.82, 2.24) is 15.5 Å². The van der Waals surface area contributed by atoms with Crippen LogP contribution in [-0.4, -0.2) is 62.8 Å². The highest BCUT2D eigenvalue weighted by molar-refractivity contribution is 5.81. The normalized spacial score (nSPS) is 21.5. The van der Waals surface area contributed by atoms with Gasteiger partial charge in [0.1, 0.15) is 0 Å². The molecule has 0 aromatic carbocycles. The van der Waals surface area contributed by atoms with E-state index in [0.717, 1.165) is 19.5 Å². The summed E-state index contributed by atoms with van der Waals surface area (Å²) in [6.45, 7) is 8.70. The lowest BCUT2D eigenvalue weighted by Gasteiger charge is -2.24. The Morgan fingerprint density at radius 2 is 2.32 bits per heavy atom. The Kier molecular flexibility index (Phi) is 8.02. The Balaban J connectivity index is 2.15. The lowest BCUT2D eigenvalue weighted by molar-refractivity contribution is -0.122. The van der Waals surface area contributed by atoms with E-state index in [-0.39, 0.29) is 11.9 Å². The van der Waals surface area contributed by atoms with Crippen LogP contribution in [0, 0.1) is 0 Å². The predicted octanol–water partition coefficient (Wildman–Crippen LogP) is 0.602. The van der Waals surface area contributed by atoms with Crippen molar-refractivity contribution in [2.24, 2.45) is 0 Å². The minimum Gasteiger partial charge on any atom is -0.385 e. The van der Waals surface area contributed by atoms with E-state index in [1.54, 1.807) is 7.11 Å². The zero-order valence-electron chi connectivity index (χ0n) is 12.6. The van der Waals surface area contributed by atoms with Gasteiger partial charge in [-0.15, -0.1) is 0 Å². The van der Waals surface area contributed by atoms with Crippen LogP contribution in [-0.2, 0) is 9.53 Å². The van der Waals surface area contributed by atoms with E-state index < -0.39 is 0 Å². The number of hydrogen-bond acceptors (Lipinski definition) is 4. The molecule has 0 aromatic rings. The van der Waals surface area contributed by atoms with Gasteiger partial charge in [-0.3, -0.25) is 9.69 Å². The molecule has 1 saturated heterocycles. The molecule has 5 nitrogen and oxygen atoms in total. The van der Waals surface area contributed by atoms with Crippen LogP contribution in [0.4, 0.5) is 0 Å². The maximum absolute atomic E-state index is 11.8. The number of hydrogen-bond donors (Lipinski definition) is 2. The molecule has 19 heavy (non-hydrogen) atoms. The average Bonchev–Trinajstić information content (AvgIpc) is 2.88. The molecule has 112 valence electrons. The van der Waals surface area contributed by atoms with Gasteiger partial charge < -0.3 is 15.4 Å². The molecule has 2 N–H and O–H groups in total. The third-order valence-corrected chi connectivity index (χ3v) is 3.78. The van der Waals surface area contributed by atoms with Gasteiger partial charge in [0.25, 0.3) is 0 Å². The van der Waals surface area contributed by atoms with Crippen LogP contribution in [0.1, 0.15) is 33.1 Å². The first-order chi connectivity index (χ1) is 9.19. The maximum Gasteiger partial charge on any atom is 0.236 e. The van der Waals surface area contributed by atoms with Gasteiger partial charge in [-0.05, 0) is 39.3 Å². The highest BCUT2D eigenvalue weighted by atomic mass is 16.5. The van der Waals surface area contributed by atoms with Gasteiger partial charge in [0.15, 0.2) is 0 Å². The van der Waals surface area contributed by atoms with E-state index in [2.05, 4.69) is 22.5 Å². The lowest BCUT2D eigenvalue weighted by atomic mass is 10.2. The van der Waals surface area contributed by atoms with Crippen molar-refractivity contribution in [2.75, 3.05) is 39.9 Å². The molecule has 0 aromatic heterocycles. The second-order valence-corrected chi connectivity index (χ2v) is 5.19. The van der Waals surface area contributed by atoms with E-state index in [4.69, 9.17) is 4.74 Å². The van der Waals surface area contributed by atoms with Crippen LogP contribution in [0.5, 0.6) is 0 Å². The fourth-order valence-corrected chi connectivity index (χ4v) is 2.53. The summed E-state index contributed by atoms with van der Waals surface area (Å²) in [5.74, 6) is 0.0807. The highest BCUT2D eigenvalue weighted by Crippen LogP contribution is 2.15. The molecule has 1 aliphatic heterocycles. The molecule has 1 fully saturated rings. The molecule has 2 unspecified atom stereocenters. The fourth-order valence-electron chi connectivity index (χ4n) is 2.53. The Bertz CT molecular complexity index is 261. The number of likely N-dealkylation sites (tertiary alicyclic amines) is 1. The largest absolute Gasteiger partial charge is 0.385 e. The Labute approximate surface area is 117 Å². The Hall–Kier alpha value is -0.650. The van der Waals surface area contributed by atoms with Gasteiger partial charge in [-0.25, -0.2) is 0 Å². The summed E-state index contributed by atoms with van der Waals surface area (Å²) in [5, 5.41) is 6.27. The number of ether oxygens (including phenoxy) is 1. The first kappa shape index (κ1) is 16.4. The number of rotatable bonds is 9. The summed E-state index contributed by atoms with van der Waals surface area (Å²) in [5.41, 5.74) is 0. The summed E-state index contributed by atoms with van der Waals surface area (Å²) < 4.78 is 4.95. The highest BCUT2D eigenvalue weighted by Gasteiger charge is 2.23. The van der Waals surface area contributed by atoms with Crippen molar-refractivity contribution >= 4 is 5.91 Å². The number of amides is 1. The SMILES string of the molecule is CCN1CCCC1CNC(C)C(=O)NCCCOC. The number of carbonyl (C=O) groups is 1. The summed E-state index contributed by atoms with van der Waals surface area (Å²) in [4.78, 5) is 14.3. The van der Waals surface area contributed by atoms with Gasteiger partial charge in [0.05, 0.1) is 6.04 Å². The Morgan fingerprint density at radius 1 is 1.53 bits per heavy atom. The van der Waals surface area contributed by atoms with Crippen molar-refractivity contribution in [2.45, 2.75) is 45.2 Å². The topological polar surface area (TPSA) is 53.6 Å². The van der Waals surface area contributed by atoms with Crippen molar-refractivity contribution in [1.29, 1.82) is 0 Å². The smallest absolute Gasteiger partial charge is 0.236 e. The van der Waals surface area contributed by atoms with E-state index >= 15 is 0 Å². The van der Waals surface area contributed by atoms with Crippen molar-refractivity contribution in [3.05, 3.63) is 0 Å². The van der Waals surface area contributed by atoms with Crippen molar-refractivity contribution < 1.29 is 9.53 Å². The molecular formula is C14H29N3O2. The summed E-state index contributed by atoms with van der Waals surface area (Å²) in [6, 6.07) is 0.468. The summed E-state index contributed by atoms with van der Waals surface area (Å²) in [7, 11) is 1.67. The van der Waals surface area contributed by atoms with E-state index in [1.165, 1.54) is 19.4 Å². The molecule has 1 aliphatic rings. The molecule has 1 amide bonds. The molecule has 0 bridgehead atoms. The molecule has 1 heterocycles. The number of carbonyl (C=O) groups excluding carboxylic acids is 1. The third-order valence-electron chi connectivity index (χ3n) is 3.78. The minimum atomic E-state index is -0.123. The van der Waals surface area contributed by atoms with E-state index in [9.17, 15) is 4.79 Å².